The first-order chi connectivity index (χ1) is 10.9. The largest absolute Gasteiger partial charge is 0.482 e. The van der Waals surface area contributed by atoms with Crippen LogP contribution in [0.4, 0.5) is 5.69 Å². The highest BCUT2D eigenvalue weighted by molar-refractivity contribution is 7.92. The third-order valence-corrected chi connectivity index (χ3v) is 5.02. The van der Waals surface area contributed by atoms with Gasteiger partial charge in [0.1, 0.15) is 5.75 Å². The molecule has 0 bridgehead atoms. The number of carbonyl (C=O) groups is 1. The van der Waals surface area contributed by atoms with Gasteiger partial charge in [-0.25, -0.2) is 13.2 Å². The van der Waals surface area contributed by atoms with Crippen LogP contribution in [-0.4, -0.2) is 32.6 Å². The fourth-order valence-corrected chi connectivity index (χ4v) is 3.56. The molecule has 0 amide bonds. The lowest BCUT2D eigenvalue weighted by atomic mass is 10.3. The second kappa shape index (κ2) is 7.15. The summed E-state index contributed by atoms with van der Waals surface area (Å²) in [7, 11) is -3.64. The summed E-state index contributed by atoms with van der Waals surface area (Å²) in [5, 5.41) is 8.58. The van der Waals surface area contributed by atoms with Gasteiger partial charge in [-0.2, -0.15) is 0 Å². The molecule has 7 heteroatoms. The van der Waals surface area contributed by atoms with E-state index in [4.69, 9.17) is 9.84 Å². The molecule has 0 saturated heterocycles. The molecule has 0 aromatic heterocycles. The summed E-state index contributed by atoms with van der Waals surface area (Å²) in [6.07, 6.45) is 0. The van der Waals surface area contributed by atoms with Gasteiger partial charge in [0.25, 0.3) is 10.0 Å². The topological polar surface area (TPSA) is 83.9 Å². The van der Waals surface area contributed by atoms with Crippen LogP contribution >= 0.6 is 0 Å². The van der Waals surface area contributed by atoms with E-state index in [-0.39, 0.29) is 11.4 Å². The molecule has 2 aromatic rings. The molecule has 0 fully saturated rings. The zero-order chi connectivity index (χ0) is 16.9. The fraction of sp³-hybridized carbons (Fsp3) is 0.188. The molecule has 6 nitrogen and oxygen atoms in total. The third-order valence-electron chi connectivity index (χ3n) is 3.11. The average molecular weight is 335 g/mol. The number of sulfonamides is 1. The first kappa shape index (κ1) is 16.8. The van der Waals surface area contributed by atoms with E-state index in [0.29, 0.717) is 11.4 Å². The molecule has 0 radical (unpaired) electrons. The number of benzene rings is 2. The standard InChI is InChI=1S/C16H17NO5S/c1-2-17(23(20,21)15-6-4-3-5-7-15)13-8-10-14(11-9-13)22-12-16(18)19/h3-11H,2,12H2,1H3,(H,18,19). The number of carboxylic acids is 1. The fourth-order valence-electron chi connectivity index (χ4n) is 2.06. The van der Waals surface area contributed by atoms with Gasteiger partial charge in [-0.3, -0.25) is 4.31 Å². The van der Waals surface area contributed by atoms with Crippen LogP contribution in [0.5, 0.6) is 5.75 Å². The highest BCUT2D eigenvalue weighted by Gasteiger charge is 2.23. The van der Waals surface area contributed by atoms with Crippen molar-refractivity contribution in [1.82, 2.24) is 0 Å². The van der Waals surface area contributed by atoms with Crippen molar-refractivity contribution in [2.24, 2.45) is 0 Å². The summed E-state index contributed by atoms with van der Waals surface area (Å²) in [6.45, 7) is 1.57. The number of ether oxygens (including phenoxy) is 1. The lowest BCUT2D eigenvalue weighted by Crippen LogP contribution is -2.30. The van der Waals surface area contributed by atoms with Gasteiger partial charge in [0, 0.05) is 6.54 Å². The maximum Gasteiger partial charge on any atom is 0.341 e. The summed E-state index contributed by atoms with van der Waals surface area (Å²) in [6, 6.07) is 14.4. The number of rotatable bonds is 7. The number of nitrogens with zero attached hydrogens (tertiary/aromatic N) is 1. The Morgan fingerprint density at radius 1 is 1.09 bits per heavy atom. The zero-order valence-corrected chi connectivity index (χ0v) is 13.4. The van der Waals surface area contributed by atoms with Crippen molar-refractivity contribution in [1.29, 1.82) is 0 Å². The lowest BCUT2D eigenvalue weighted by molar-refractivity contribution is -0.139. The van der Waals surface area contributed by atoms with E-state index in [1.54, 1.807) is 61.5 Å². The Bertz CT molecular complexity index is 757. The van der Waals surface area contributed by atoms with Crippen LogP contribution in [0.3, 0.4) is 0 Å². The van der Waals surface area contributed by atoms with Crippen molar-refractivity contribution < 1.29 is 23.1 Å². The quantitative estimate of drug-likeness (QED) is 0.840. The molecular formula is C16H17NO5S. The zero-order valence-electron chi connectivity index (χ0n) is 12.5. The summed E-state index contributed by atoms with van der Waals surface area (Å²) < 4.78 is 31.7. The molecule has 2 aromatic carbocycles. The third kappa shape index (κ3) is 4.01. The SMILES string of the molecule is CCN(c1ccc(OCC(=O)O)cc1)S(=O)(=O)c1ccccc1. The normalized spacial score (nSPS) is 11.0. The van der Waals surface area contributed by atoms with Crippen LogP contribution in [0.15, 0.2) is 59.5 Å². The number of anilines is 1. The number of hydrogen-bond acceptors (Lipinski definition) is 4. The minimum Gasteiger partial charge on any atom is -0.482 e. The number of aliphatic carboxylic acids is 1. The maximum atomic E-state index is 12.7. The van der Waals surface area contributed by atoms with Crippen molar-refractivity contribution in [3.63, 3.8) is 0 Å². The van der Waals surface area contributed by atoms with Crippen LogP contribution in [0.1, 0.15) is 6.92 Å². The second-order valence-electron chi connectivity index (χ2n) is 4.66. The lowest BCUT2D eigenvalue weighted by Gasteiger charge is -2.23. The van der Waals surface area contributed by atoms with E-state index >= 15 is 0 Å². The van der Waals surface area contributed by atoms with E-state index in [1.165, 1.54) is 4.31 Å². The molecule has 2 rings (SSSR count). The smallest absolute Gasteiger partial charge is 0.341 e. The van der Waals surface area contributed by atoms with Crippen LogP contribution in [0, 0.1) is 0 Å². The van der Waals surface area contributed by atoms with Crippen molar-refractivity contribution in [2.75, 3.05) is 17.5 Å². The second-order valence-corrected chi connectivity index (χ2v) is 6.52. The summed E-state index contributed by atoms with van der Waals surface area (Å²) >= 11 is 0. The van der Waals surface area contributed by atoms with Gasteiger partial charge < -0.3 is 9.84 Å². The van der Waals surface area contributed by atoms with Crippen LogP contribution < -0.4 is 9.04 Å². The van der Waals surface area contributed by atoms with E-state index in [2.05, 4.69) is 0 Å². The summed E-state index contributed by atoms with van der Waals surface area (Å²) in [5.41, 5.74) is 0.485. The minimum absolute atomic E-state index is 0.216. The van der Waals surface area contributed by atoms with Crippen LogP contribution in [0.2, 0.25) is 0 Å². The van der Waals surface area contributed by atoms with Crippen LogP contribution in [-0.2, 0) is 14.8 Å². The highest BCUT2D eigenvalue weighted by Crippen LogP contribution is 2.25. The monoisotopic (exact) mass is 335 g/mol. The molecule has 0 atom stereocenters. The van der Waals surface area contributed by atoms with E-state index in [1.807, 2.05) is 0 Å². The molecule has 1 N–H and O–H groups in total. The van der Waals surface area contributed by atoms with E-state index < -0.39 is 22.6 Å². The highest BCUT2D eigenvalue weighted by atomic mass is 32.2. The van der Waals surface area contributed by atoms with E-state index in [0.717, 1.165) is 0 Å². The van der Waals surface area contributed by atoms with Gasteiger partial charge in [-0.1, -0.05) is 18.2 Å². The Balaban J connectivity index is 2.26. The summed E-state index contributed by atoms with van der Waals surface area (Å²) in [5.74, 6) is -0.708. The molecule has 0 aliphatic heterocycles. The van der Waals surface area contributed by atoms with Gasteiger partial charge in [-0.15, -0.1) is 0 Å². The van der Waals surface area contributed by atoms with Gasteiger partial charge in [-0.05, 0) is 43.3 Å². The predicted octanol–water partition coefficient (Wildman–Crippen LogP) is 2.37. The van der Waals surface area contributed by atoms with Crippen molar-refractivity contribution >= 4 is 21.7 Å². The molecule has 0 aliphatic carbocycles. The summed E-state index contributed by atoms with van der Waals surface area (Å²) in [4.78, 5) is 10.7. The number of carboxylic acid groups (broad SMARTS) is 1. The van der Waals surface area contributed by atoms with Crippen molar-refractivity contribution in [2.45, 2.75) is 11.8 Å². The Morgan fingerprint density at radius 2 is 1.70 bits per heavy atom. The molecule has 0 heterocycles. The number of hydrogen-bond donors (Lipinski definition) is 1. The molecular weight excluding hydrogens is 318 g/mol. The Kier molecular flexibility index (Phi) is 5.23. The molecule has 0 saturated carbocycles. The van der Waals surface area contributed by atoms with Crippen molar-refractivity contribution in [3.8, 4) is 5.75 Å². The predicted molar refractivity (Wildman–Crippen MR) is 86.2 cm³/mol. The average Bonchev–Trinajstić information content (AvgIpc) is 2.55. The van der Waals surface area contributed by atoms with Gasteiger partial charge >= 0.3 is 5.97 Å². The molecule has 23 heavy (non-hydrogen) atoms. The van der Waals surface area contributed by atoms with Gasteiger partial charge in [0.15, 0.2) is 6.61 Å². The first-order valence-electron chi connectivity index (χ1n) is 6.97. The van der Waals surface area contributed by atoms with Gasteiger partial charge in [0.05, 0.1) is 10.6 Å². The van der Waals surface area contributed by atoms with Crippen LogP contribution in [0.25, 0.3) is 0 Å². The van der Waals surface area contributed by atoms with Gasteiger partial charge in [0.2, 0.25) is 0 Å². The Hall–Kier alpha value is -2.54. The molecule has 122 valence electrons. The minimum atomic E-state index is -3.64. The molecule has 0 unspecified atom stereocenters. The maximum absolute atomic E-state index is 12.7. The van der Waals surface area contributed by atoms with Crippen molar-refractivity contribution in [3.05, 3.63) is 54.6 Å². The van der Waals surface area contributed by atoms with E-state index in [9.17, 15) is 13.2 Å². The molecule has 0 aliphatic rings. The Labute approximate surface area is 135 Å². The Morgan fingerprint density at radius 3 is 2.22 bits per heavy atom. The molecule has 0 spiro atoms. The first-order valence-corrected chi connectivity index (χ1v) is 8.41.